The predicted octanol–water partition coefficient (Wildman–Crippen LogP) is 4.44. The van der Waals surface area contributed by atoms with Crippen molar-refractivity contribution in [3.63, 3.8) is 0 Å². The molecule has 0 fully saturated rings. The first kappa shape index (κ1) is 14.1. The van der Waals surface area contributed by atoms with Gasteiger partial charge in [-0.2, -0.15) is 0 Å². The third kappa shape index (κ3) is 4.50. The molecule has 0 spiro atoms. The second-order valence-corrected chi connectivity index (χ2v) is 5.55. The zero-order valence-corrected chi connectivity index (χ0v) is 11.8. The highest BCUT2D eigenvalue weighted by Crippen LogP contribution is 2.26. The molecule has 0 bridgehead atoms. The van der Waals surface area contributed by atoms with Gasteiger partial charge < -0.3 is 4.90 Å². The summed E-state index contributed by atoms with van der Waals surface area (Å²) in [7, 11) is 2.05. The molecule has 1 rings (SSSR count). The molecule has 0 aliphatic carbocycles. The number of hydrogen-bond acceptors (Lipinski definition) is 1. The summed E-state index contributed by atoms with van der Waals surface area (Å²) in [6.07, 6.45) is 0.968. The van der Waals surface area contributed by atoms with Crippen molar-refractivity contribution in [3.05, 3.63) is 33.8 Å². The lowest BCUT2D eigenvalue weighted by molar-refractivity contribution is 0.322. The zero-order chi connectivity index (χ0) is 12.1. The smallest absolute Gasteiger partial charge is 0.0637 e. The SMILES string of the molecule is CC(Cl)CCN(C)Cc1cccc(Cl)c1Cl. The van der Waals surface area contributed by atoms with Gasteiger partial charge in [0.1, 0.15) is 0 Å². The minimum atomic E-state index is 0.206. The number of benzene rings is 1. The van der Waals surface area contributed by atoms with Crippen molar-refractivity contribution in [2.45, 2.75) is 25.3 Å². The molecule has 0 saturated carbocycles. The van der Waals surface area contributed by atoms with E-state index in [1.165, 1.54) is 0 Å². The summed E-state index contributed by atoms with van der Waals surface area (Å²) < 4.78 is 0. The van der Waals surface area contributed by atoms with Crippen LogP contribution in [0.25, 0.3) is 0 Å². The van der Waals surface area contributed by atoms with Gasteiger partial charge in [-0.05, 0) is 38.6 Å². The maximum atomic E-state index is 6.12. The number of hydrogen-bond donors (Lipinski definition) is 0. The maximum Gasteiger partial charge on any atom is 0.0637 e. The average molecular weight is 281 g/mol. The van der Waals surface area contributed by atoms with Crippen molar-refractivity contribution in [1.82, 2.24) is 4.90 Å². The highest BCUT2D eigenvalue weighted by Gasteiger charge is 2.07. The quantitative estimate of drug-likeness (QED) is 0.721. The Balaban J connectivity index is 2.56. The maximum absolute atomic E-state index is 6.12. The number of alkyl halides is 1. The van der Waals surface area contributed by atoms with E-state index < -0.39 is 0 Å². The van der Waals surface area contributed by atoms with Crippen LogP contribution in [-0.4, -0.2) is 23.9 Å². The van der Waals surface area contributed by atoms with Gasteiger partial charge in [-0.3, -0.25) is 0 Å². The van der Waals surface area contributed by atoms with Crippen LogP contribution in [0.15, 0.2) is 18.2 Å². The van der Waals surface area contributed by atoms with Crippen LogP contribution in [-0.2, 0) is 6.54 Å². The summed E-state index contributed by atoms with van der Waals surface area (Å²) in [6.45, 7) is 3.75. The molecule has 90 valence electrons. The summed E-state index contributed by atoms with van der Waals surface area (Å²) in [5.74, 6) is 0. The summed E-state index contributed by atoms with van der Waals surface area (Å²) in [6, 6.07) is 5.71. The lowest BCUT2D eigenvalue weighted by Gasteiger charge is -2.18. The lowest BCUT2D eigenvalue weighted by Crippen LogP contribution is -2.21. The normalized spacial score (nSPS) is 13.1. The molecular formula is C12H16Cl3N. The van der Waals surface area contributed by atoms with Crippen LogP contribution in [0.3, 0.4) is 0 Å². The van der Waals surface area contributed by atoms with E-state index in [4.69, 9.17) is 34.8 Å². The largest absolute Gasteiger partial charge is 0.302 e. The van der Waals surface area contributed by atoms with Gasteiger partial charge in [-0.15, -0.1) is 11.6 Å². The lowest BCUT2D eigenvalue weighted by atomic mass is 10.2. The van der Waals surface area contributed by atoms with Gasteiger partial charge in [0.15, 0.2) is 0 Å². The van der Waals surface area contributed by atoms with E-state index in [1.54, 1.807) is 6.07 Å². The third-order valence-electron chi connectivity index (χ3n) is 2.38. The Hall–Kier alpha value is 0.0500. The number of nitrogens with zero attached hydrogens (tertiary/aromatic N) is 1. The van der Waals surface area contributed by atoms with Crippen LogP contribution in [0.5, 0.6) is 0 Å². The predicted molar refractivity (Wildman–Crippen MR) is 72.7 cm³/mol. The fraction of sp³-hybridized carbons (Fsp3) is 0.500. The van der Waals surface area contributed by atoms with Gasteiger partial charge in [0, 0.05) is 11.9 Å². The van der Waals surface area contributed by atoms with E-state index in [9.17, 15) is 0 Å². The second kappa shape index (κ2) is 6.70. The molecule has 0 heterocycles. The van der Waals surface area contributed by atoms with Crippen LogP contribution in [0.2, 0.25) is 10.0 Å². The molecule has 1 nitrogen and oxygen atoms in total. The van der Waals surface area contributed by atoms with Crippen LogP contribution >= 0.6 is 34.8 Å². The molecule has 0 radical (unpaired) electrons. The van der Waals surface area contributed by atoms with Crippen LogP contribution in [0, 0.1) is 0 Å². The zero-order valence-electron chi connectivity index (χ0n) is 9.51. The van der Waals surface area contributed by atoms with E-state index in [1.807, 2.05) is 19.1 Å². The highest BCUT2D eigenvalue weighted by molar-refractivity contribution is 6.42. The molecule has 0 aromatic heterocycles. The highest BCUT2D eigenvalue weighted by atomic mass is 35.5. The molecule has 0 aliphatic rings. The molecule has 0 amide bonds. The number of rotatable bonds is 5. The molecule has 0 N–H and O–H groups in total. The molecule has 0 aliphatic heterocycles. The Kier molecular flexibility index (Phi) is 5.91. The van der Waals surface area contributed by atoms with E-state index in [0.717, 1.165) is 25.1 Å². The molecule has 1 unspecified atom stereocenters. The Morgan fingerprint density at radius 1 is 1.31 bits per heavy atom. The van der Waals surface area contributed by atoms with Crippen molar-refractivity contribution in [1.29, 1.82) is 0 Å². The first-order valence-corrected chi connectivity index (χ1v) is 6.45. The Morgan fingerprint density at radius 2 is 2.00 bits per heavy atom. The second-order valence-electron chi connectivity index (χ2n) is 4.02. The van der Waals surface area contributed by atoms with Crippen LogP contribution in [0.4, 0.5) is 0 Å². The fourth-order valence-corrected chi connectivity index (χ4v) is 1.92. The van der Waals surface area contributed by atoms with Crippen molar-refractivity contribution >= 4 is 34.8 Å². The summed E-state index contributed by atoms with van der Waals surface area (Å²) in [5.41, 5.74) is 1.05. The minimum Gasteiger partial charge on any atom is -0.302 e. The van der Waals surface area contributed by atoms with E-state index >= 15 is 0 Å². The van der Waals surface area contributed by atoms with Gasteiger partial charge in [-0.1, -0.05) is 35.3 Å². The van der Waals surface area contributed by atoms with Crippen molar-refractivity contribution in [3.8, 4) is 0 Å². The van der Waals surface area contributed by atoms with Crippen molar-refractivity contribution < 1.29 is 0 Å². The van der Waals surface area contributed by atoms with Gasteiger partial charge in [0.05, 0.1) is 10.0 Å². The first-order chi connectivity index (χ1) is 7.50. The molecular weight excluding hydrogens is 264 g/mol. The monoisotopic (exact) mass is 279 g/mol. The third-order valence-corrected chi connectivity index (χ3v) is 3.46. The van der Waals surface area contributed by atoms with E-state index in [2.05, 4.69) is 11.9 Å². The van der Waals surface area contributed by atoms with E-state index in [-0.39, 0.29) is 5.38 Å². The summed E-state index contributed by atoms with van der Waals surface area (Å²) in [4.78, 5) is 2.19. The van der Waals surface area contributed by atoms with Gasteiger partial charge in [-0.25, -0.2) is 0 Å². The van der Waals surface area contributed by atoms with Crippen molar-refractivity contribution in [2.75, 3.05) is 13.6 Å². The fourth-order valence-electron chi connectivity index (χ4n) is 1.44. The molecule has 1 aromatic rings. The summed E-state index contributed by atoms with van der Waals surface area (Å²) in [5, 5.41) is 1.46. The molecule has 1 atom stereocenters. The topological polar surface area (TPSA) is 3.24 Å². The molecule has 16 heavy (non-hydrogen) atoms. The average Bonchev–Trinajstić information content (AvgIpc) is 2.22. The number of halogens is 3. The van der Waals surface area contributed by atoms with Gasteiger partial charge >= 0.3 is 0 Å². The molecule has 0 saturated heterocycles. The van der Waals surface area contributed by atoms with Crippen LogP contribution in [0.1, 0.15) is 18.9 Å². The van der Waals surface area contributed by atoms with Gasteiger partial charge in [0.25, 0.3) is 0 Å². The minimum absolute atomic E-state index is 0.206. The first-order valence-electron chi connectivity index (χ1n) is 5.26. The standard InChI is InChI=1S/C12H16Cl3N/c1-9(13)6-7-16(2)8-10-4-3-5-11(14)12(10)15/h3-5,9H,6-8H2,1-2H3. The Labute approximate surface area is 112 Å². The molecule has 4 heteroatoms. The Morgan fingerprint density at radius 3 is 2.62 bits per heavy atom. The van der Waals surface area contributed by atoms with Gasteiger partial charge in [0.2, 0.25) is 0 Å². The molecule has 1 aromatic carbocycles. The summed E-state index contributed by atoms with van der Waals surface area (Å²) >= 11 is 18.0. The Bertz CT molecular complexity index is 339. The van der Waals surface area contributed by atoms with E-state index in [0.29, 0.717) is 10.0 Å². The van der Waals surface area contributed by atoms with Crippen molar-refractivity contribution in [2.24, 2.45) is 0 Å². The van der Waals surface area contributed by atoms with Crippen LogP contribution < -0.4 is 0 Å².